The molecule has 3 heterocycles. The number of nitrogens with zero attached hydrogens (tertiary/aromatic N) is 6. The first-order valence-electron chi connectivity index (χ1n) is 6.88. The second kappa shape index (κ2) is 5.66. The van der Waals surface area contributed by atoms with Gasteiger partial charge in [-0.1, -0.05) is 0 Å². The summed E-state index contributed by atoms with van der Waals surface area (Å²) in [5.74, 6) is 1.72. The largest absolute Gasteiger partial charge is 0.390 e. The number of aromatic nitrogens is 4. The van der Waals surface area contributed by atoms with Crippen molar-refractivity contribution in [3.05, 3.63) is 24.3 Å². The van der Waals surface area contributed by atoms with E-state index in [0.717, 1.165) is 32.0 Å². The average Bonchev–Trinajstić information content (AvgIpc) is 2.96. The maximum absolute atomic E-state index is 9.09. The molecular weight excluding hydrogens is 270 g/mol. The zero-order valence-electron chi connectivity index (χ0n) is 12.0. The van der Waals surface area contributed by atoms with Crippen LogP contribution in [0.4, 0.5) is 11.8 Å². The number of anilines is 2. The Morgan fingerprint density at radius 1 is 1.19 bits per heavy atom. The quantitative estimate of drug-likeness (QED) is 0.785. The van der Waals surface area contributed by atoms with E-state index in [1.807, 2.05) is 6.07 Å². The topological polar surface area (TPSA) is 96.3 Å². The highest BCUT2D eigenvalue weighted by atomic mass is 16.3. The average molecular weight is 289 g/mol. The van der Waals surface area contributed by atoms with Crippen LogP contribution in [0.15, 0.2) is 18.6 Å². The first-order valence-corrected chi connectivity index (χ1v) is 6.88. The van der Waals surface area contributed by atoms with Gasteiger partial charge in [0.25, 0.3) is 0 Å². The van der Waals surface area contributed by atoms with Crippen molar-refractivity contribution in [2.45, 2.75) is 6.61 Å². The molecule has 112 valence electrons. The van der Waals surface area contributed by atoms with Gasteiger partial charge in [-0.05, 0) is 7.05 Å². The van der Waals surface area contributed by atoms with Crippen molar-refractivity contribution in [3.63, 3.8) is 0 Å². The number of piperazine rings is 1. The molecular formula is C13H19N7O. The first kappa shape index (κ1) is 13.8. The van der Waals surface area contributed by atoms with Crippen LogP contribution < -0.4 is 10.6 Å². The summed E-state index contributed by atoms with van der Waals surface area (Å²) < 4.78 is 1.74. The van der Waals surface area contributed by atoms with Gasteiger partial charge >= 0.3 is 0 Å². The van der Waals surface area contributed by atoms with E-state index in [2.05, 4.69) is 31.8 Å². The number of imidazole rings is 1. The highest BCUT2D eigenvalue weighted by molar-refractivity contribution is 5.48. The number of nitrogen functional groups attached to an aromatic ring is 1. The summed E-state index contributed by atoms with van der Waals surface area (Å²) in [6, 6.07) is 1.89. The minimum Gasteiger partial charge on any atom is -0.390 e. The molecule has 0 radical (unpaired) electrons. The normalized spacial score (nSPS) is 16.4. The van der Waals surface area contributed by atoms with E-state index in [0.29, 0.717) is 11.5 Å². The molecule has 8 nitrogen and oxygen atoms in total. The maximum atomic E-state index is 9.09. The standard InChI is InChI=1S/C13H19N7O/c1-18-2-4-19(5-3-18)11-6-12(17-13(14)16-11)20-7-10(8-21)15-9-20/h6-7,9,21H,2-5,8H2,1H3,(H2,14,16,17). The van der Waals surface area contributed by atoms with Crippen molar-refractivity contribution >= 4 is 11.8 Å². The third-order valence-corrected chi connectivity index (χ3v) is 3.61. The molecule has 1 aliphatic rings. The van der Waals surface area contributed by atoms with Gasteiger partial charge in [-0.15, -0.1) is 0 Å². The highest BCUT2D eigenvalue weighted by Gasteiger charge is 2.17. The number of aliphatic hydroxyl groups excluding tert-OH is 1. The van der Waals surface area contributed by atoms with Gasteiger partial charge in [0.2, 0.25) is 5.95 Å². The molecule has 0 unspecified atom stereocenters. The van der Waals surface area contributed by atoms with E-state index >= 15 is 0 Å². The van der Waals surface area contributed by atoms with Gasteiger partial charge in [0.1, 0.15) is 18.0 Å². The molecule has 0 aliphatic carbocycles. The van der Waals surface area contributed by atoms with E-state index in [-0.39, 0.29) is 12.6 Å². The molecule has 1 saturated heterocycles. The summed E-state index contributed by atoms with van der Waals surface area (Å²) in [7, 11) is 2.11. The molecule has 0 aromatic carbocycles. The SMILES string of the molecule is CN1CCN(c2cc(-n3cnc(CO)c3)nc(N)n2)CC1. The summed E-state index contributed by atoms with van der Waals surface area (Å²) >= 11 is 0. The van der Waals surface area contributed by atoms with Gasteiger partial charge in [-0.2, -0.15) is 9.97 Å². The van der Waals surface area contributed by atoms with Crippen molar-refractivity contribution in [3.8, 4) is 5.82 Å². The zero-order valence-corrected chi connectivity index (χ0v) is 12.0. The van der Waals surface area contributed by atoms with Gasteiger partial charge < -0.3 is 20.6 Å². The molecule has 2 aromatic heterocycles. The Morgan fingerprint density at radius 2 is 1.90 bits per heavy atom. The van der Waals surface area contributed by atoms with Gasteiger partial charge in [0.05, 0.1) is 12.3 Å². The van der Waals surface area contributed by atoms with E-state index in [1.54, 1.807) is 17.1 Å². The third-order valence-electron chi connectivity index (χ3n) is 3.61. The van der Waals surface area contributed by atoms with E-state index in [9.17, 15) is 0 Å². The molecule has 3 rings (SSSR count). The van der Waals surface area contributed by atoms with Crippen LogP contribution in [0.1, 0.15) is 5.69 Å². The predicted molar refractivity (Wildman–Crippen MR) is 79.2 cm³/mol. The van der Waals surface area contributed by atoms with Gasteiger partial charge in [-0.25, -0.2) is 4.98 Å². The molecule has 0 saturated carbocycles. The van der Waals surface area contributed by atoms with Crippen LogP contribution in [-0.4, -0.2) is 62.8 Å². The minimum atomic E-state index is -0.0983. The Kier molecular flexibility index (Phi) is 3.72. The minimum absolute atomic E-state index is 0.0983. The number of rotatable bonds is 3. The second-order valence-electron chi connectivity index (χ2n) is 5.16. The molecule has 1 aliphatic heterocycles. The summed E-state index contributed by atoms with van der Waals surface area (Å²) in [6.45, 7) is 3.73. The molecule has 21 heavy (non-hydrogen) atoms. The lowest BCUT2D eigenvalue weighted by Crippen LogP contribution is -2.44. The van der Waals surface area contributed by atoms with E-state index in [4.69, 9.17) is 10.8 Å². The van der Waals surface area contributed by atoms with Crippen LogP contribution in [0.5, 0.6) is 0 Å². The smallest absolute Gasteiger partial charge is 0.223 e. The molecule has 3 N–H and O–H groups in total. The third kappa shape index (κ3) is 2.96. The van der Waals surface area contributed by atoms with Crippen LogP contribution in [0, 0.1) is 0 Å². The molecule has 1 fully saturated rings. The number of hydrogen-bond donors (Lipinski definition) is 2. The van der Waals surface area contributed by atoms with Gasteiger partial charge in [0, 0.05) is 38.4 Å². The van der Waals surface area contributed by atoms with Crippen LogP contribution in [0.2, 0.25) is 0 Å². The Hall–Kier alpha value is -2.19. The van der Waals surface area contributed by atoms with Crippen molar-refractivity contribution in [2.24, 2.45) is 0 Å². The molecule has 0 bridgehead atoms. The lowest BCUT2D eigenvalue weighted by atomic mass is 10.3. The van der Waals surface area contributed by atoms with Crippen LogP contribution in [0.3, 0.4) is 0 Å². The summed E-state index contributed by atoms with van der Waals surface area (Å²) in [6.07, 6.45) is 3.34. The number of likely N-dealkylation sites (N-methyl/N-ethyl adjacent to an activating group) is 1. The zero-order chi connectivity index (χ0) is 14.8. The fraction of sp³-hybridized carbons (Fsp3) is 0.462. The number of hydrogen-bond acceptors (Lipinski definition) is 7. The molecule has 0 spiro atoms. The molecule has 2 aromatic rings. The Bertz CT molecular complexity index is 619. The molecule has 8 heteroatoms. The fourth-order valence-corrected chi connectivity index (χ4v) is 2.34. The van der Waals surface area contributed by atoms with E-state index in [1.165, 1.54) is 0 Å². The van der Waals surface area contributed by atoms with Crippen LogP contribution >= 0.6 is 0 Å². The van der Waals surface area contributed by atoms with Crippen molar-refractivity contribution in [1.29, 1.82) is 0 Å². The number of aliphatic hydroxyl groups is 1. The van der Waals surface area contributed by atoms with Crippen LogP contribution in [0.25, 0.3) is 5.82 Å². The molecule has 0 atom stereocenters. The van der Waals surface area contributed by atoms with Crippen molar-refractivity contribution < 1.29 is 5.11 Å². The van der Waals surface area contributed by atoms with Crippen molar-refractivity contribution in [1.82, 2.24) is 24.4 Å². The van der Waals surface area contributed by atoms with Crippen LogP contribution in [-0.2, 0) is 6.61 Å². The fourth-order valence-electron chi connectivity index (χ4n) is 2.34. The summed E-state index contributed by atoms with van der Waals surface area (Å²) in [5.41, 5.74) is 6.42. The van der Waals surface area contributed by atoms with Crippen molar-refractivity contribution in [2.75, 3.05) is 43.9 Å². The summed E-state index contributed by atoms with van der Waals surface area (Å²) in [5, 5.41) is 9.09. The summed E-state index contributed by atoms with van der Waals surface area (Å²) in [4.78, 5) is 17.1. The molecule has 0 amide bonds. The Morgan fingerprint density at radius 3 is 2.57 bits per heavy atom. The Balaban J connectivity index is 1.89. The Labute approximate surface area is 122 Å². The highest BCUT2D eigenvalue weighted by Crippen LogP contribution is 2.18. The first-order chi connectivity index (χ1) is 10.2. The maximum Gasteiger partial charge on any atom is 0.223 e. The monoisotopic (exact) mass is 289 g/mol. The lowest BCUT2D eigenvalue weighted by Gasteiger charge is -2.33. The van der Waals surface area contributed by atoms with Gasteiger partial charge in [-0.3, -0.25) is 4.57 Å². The second-order valence-corrected chi connectivity index (χ2v) is 5.16. The predicted octanol–water partition coefficient (Wildman–Crippen LogP) is -0.511. The number of nitrogens with two attached hydrogens (primary N) is 1. The lowest BCUT2D eigenvalue weighted by molar-refractivity contribution is 0.277. The van der Waals surface area contributed by atoms with Gasteiger partial charge in [0.15, 0.2) is 0 Å². The van der Waals surface area contributed by atoms with E-state index < -0.39 is 0 Å².